The summed E-state index contributed by atoms with van der Waals surface area (Å²) in [6.07, 6.45) is 1.93. The fraction of sp³-hybridized carbons (Fsp3) is 0.583. The van der Waals surface area contributed by atoms with Crippen LogP contribution in [0.4, 0.5) is 5.69 Å². The third-order valence-electron chi connectivity index (χ3n) is 2.89. The Hall–Kier alpha value is -1.13. The first-order chi connectivity index (χ1) is 7.57. The molecule has 1 aromatic heterocycles. The van der Waals surface area contributed by atoms with Gasteiger partial charge in [0.25, 0.3) is 0 Å². The quantitative estimate of drug-likeness (QED) is 0.770. The summed E-state index contributed by atoms with van der Waals surface area (Å²) in [5, 5.41) is 3.34. The molecule has 1 saturated heterocycles. The molecule has 1 aliphatic heterocycles. The number of nitrogens with one attached hydrogen (secondary N) is 1. The van der Waals surface area contributed by atoms with Crippen molar-refractivity contribution in [3.05, 3.63) is 24.0 Å². The zero-order chi connectivity index (χ0) is 11.6. The van der Waals surface area contributed by atoms with Crippen LogP contribution in [0.25, 0.3) is 0 Å². The number of pyridine rings is 1. The van der Waals surface area contributed by atoms with Crippen molar-refractivity contribution in [2.75, 3.05) is 31.1 Å². The Bertz CT molecular complexity index is 333. The van der Waals surface area contributed by atoms with Crippen LogP contribution in [-0.4, -0.2) is 31.2 Å². The average Bonchev–Trinajstić information content (AvgIpc) is 2.29. The molecule has 0 saturated carbocycles. The van der Waals surface area contributed by atoms with Crippen LogP contribution in [0.5, 0.6) is 0 Å². The first-order valence-electron chi connectivity index (χ1n) is 5.78. The summed E-state index contributed by atoms with van der Waals surface area (Å²) < 4.78 is 0. The molecule has 16 heavy (non-hydrogen) atoms. The van der Waals surface area contributed by atoms with Gasteiger partial charge in [0.1, 0.15) is 0 Å². The molecule has 0 spiro atoms. The molecule has 1 fully saturated rings. The number of hydrogen-bond acceptors (Lipinski definition) is 4. The standard InChI is InChI=1S/C12H20N4/c1-12(2,13)11-4-3-10(9-15-11)16-7-5-14-6-8-16/h3-4,9,14H,5-8,13H2,1-2H3. The molecule has 0 aliphatic carbocycles. The van der Waals surface area contributed by atoms with E-state index in [4.69, 9.17) is 5.73 Å². The van der Waals surface area contributed by atoms with E-state index < -0.39 is 0 Å². The minimum absolute atomic E-state index is 0.359. The lowest BCUT2D eigenvalue weighted by Crippen LogP contribution is -2.43. The summed E-state index contributed by atoms with van der Waals surface area (Å²) in [7, 11) is 0. The lowest BCUT2D eigenvalue weighted by molar-refractivity contribution is 0.534. The van der Waals surface area contributed by atoms with Crippen LogP contribution in [0, 0.1) is 0 Å². The molecule has 88 valence electrons. The van der Waals surface area contributed by atoms with E-state index in [-0.39, 0.29) is 5.54 Å². The first kappa shape index (κ1) is 11.4. The van der Waals surface area contributed by atoms with Gasteiger partial charge < -0.3 is 16.0 Å². The Balaban J connectivity index is 2.12. The van der Waals surface area contributed by atoms with Crippen molar-refractivity contribution >= 4 is 5.69 Å². The Morgan fingerprint density at radius 3 is 2.50 bits per heavy atom. The van der Waals surface area contributed by atoms with E-state index in [1.807, 2.05) is 26.1 Å². The van der Waals surface area contributed by atoms with Crippen LogP contribution in [0.2, 0.25) is 0 Å². The number of piperazine rings is 1. The van der Waals surface area contributed by atoms with Crippen molar-refractivity contribution in [1.29, 1.82) is 0 Å². The van der Waals surface area contributed by atoms with Gasteiger partial charge in [0.05, 0.1) is 23.1 Å². The van der Waals surface area contributed by atoms with Crippen LogP contribution in [0.3, 0.4) is 0 Å². The molecule has 4 nitrogen and oxygen atoms in total. The van der Waals surface area contributed by atoms with E-state index in [2.05, 4.69) is 21.3 Å². The third-order valence-corrected chi connectivity index (χ3v) is 2.89. The Morgan fingerprint density at radius 2 is 2.00 bits per heavy atom. The van der Waals surface area contributed by atoms with Gasteiger partial charge in [-0.15, -0.1) is 0 Å². The van der Waals surface area contributed by atoms with Crippen molar-refractivity contribution in [3.8, 4) is 0 Å². The van der Waals surface area contributed by atoms with Gasteiger partial charge >= 0.3 is 0 Å². The van der Waals surface area contributed by atoms with E-state index in [0.717, 1.165) is 31.9 Å². The Kier molecular flexibility index (Phi) is 3.12. The monoisotopic (exact) mass is 220 g/mol. The minimum atomic E-state index is -0.359. The summed E-state index contributed by atoms with van der Waals surface area (Å²) in [6, 6.07) is 4.14. The number of rotatable bonds is 2. The van der Waals surface area contributed by atoms with Crippen LogP contribution in [0.1, 0.15) is 19.5 Å². The van der Waals surface area contributed by atoms with Gasteiger partial charge in [-0.2, -0.15) is 0 Å². The van der Waals surface area contributed by atoms with Gasteiger partial charge in [-0.3, -0.25) is 4.98 Å². The predicted octanol–water partition coefficient (Wildman–Crippen LogP) is 0.685. The van der Waals surface area contributed by atoms with Crippen LogP contribution in [-0.2, 0) is 5.54 Å². The maximum atomic E-state index is 6.00. The fourth-order valence-electron chi connectivity index (χ4n) is 1.88. The molecule has 2 heterocycles. The van der Waals surface area contributed by atoms with Gasteiger partial charge in [0.2, 0.25) is 0 Å². The van der Waals surface area contributed by atoms with Crippen LogP contribution < -0.4 is 16.0 Å². The van der Waals surface area contributed by atoms with Crippen molar-refractivity contribution in [2.45, 2.75) is 19.4 Å². The van der Waals surface area contributed by atoms with E-state index >= 15 is 0 Å². The molecular formula is C12H20N4. The summed E-state index contributed by atoms with van der Waals surface area (Å²) in [6.45, 7) is 8.13. The molecular weight excluding hydrogens is 200 g/mol. The highest BCUT2D eigenvalue weighted by Crippen LogP contribution is 2.18. The highest BCUT2D eigenvalue weighted by atomic mass is 15.2. The molecule has 1 aromatic rings. The van der Waals surface area contributed by atoms with Crippen molar-refractivity contribution in [2.24, 2.45) is 5.73 Å². The van der Waals surface area contributed by atoms with E-state index in [0.29, 0.717) is 0 Å². The van der Waals surface area contributed by atoms with Crippen molar-refractivity contribution < 1.29 is 0 Å². The molecule has 0 unspecified atom stereocenters. The largest absolute Gasteiger partial charge is 0.368 e. The molecule has 0 aromatic carbocycles. The lowest BCUT2D eigenvalue weighted by Gasteiger charge is -2.29. The summed E-state index contributed by atoms with van der Waals surface area (Å²) in [4.78, 5) is 6.78. The molecule has 4 heteroatoms. The number of aromatic nitrogens is 1. The average molecular weight is 220 g/mol. The van der Waals surface area contributed by atoms with Gasteiger partial charge in [-0.05, 0) is 26.0 Å². The number of anilines is 1. The fourth-order valence-corrected chi connectivity index (χ4v) is 1.88. The van der Waals surface area contributed by atoms with Gasteiger partial charge in [-0.25, -0.2) is 0 Å². The van der Waals surface area contributed by atoms with Crippen LogP contribution in [0.15, 0.2) is 18.3 Å². The summed E-state index contributed by atoms with van der Waals surface area (Å²) in [5.41, 5.74) is 7.77. The minimum Gasteiger partial charge on any atom is -0.368 e. The zero-order valence-corrected chi connectivity index (χ0v) is 10.0. The summed E-state index contributed by atoms with van der Waals surface area (Å²) >= 11 is 0. The molecule has 0 amide bonds. The summed E-state index contributed by atoms with van der Waals surface area (Å²) in [5.74, 6) is 0. The Morgan fingerprint density at radius 1 is 1.31 bits per heavy atom. The molecule has 2 rings (SSSR count). The van der Waals surface area contributed by atoms with E-state index in [1.54, 1.807) is 0 Å². The molecule has 0 radical (unpaired) electrons. The number of nitrogens with two attached hydrogens (primary N) is 1. The first-order valence-corrected chi connectivity index (χ1v) is 5.78. The lowest BCUT2D eigenvalue weighted by atomic mass is 10.0. The van der Waals surface area contributed by atoms with Crippen molar-refractivity contribution in [3.63, 3.8) is 0 Å². The second-order valence-electron chi connectivity index (χ2n) is 4.86. The molecule has 0 bridgehead atoms. The predicted molar refractivity (Wildman–Crippen MR) is 66.5 cm³/mol. The highest BCUT2D eigenvalue weighted by molar-refractivity contribution is 5.45. The van der Waals surface area contributed by atoms with Gasteiger partial charge in [0.15, 0.2) is 0 Å². The smallest absolute Gasteiger partial charge is 0.0598 e. The van der Waals surface area contributed by atoms with Crippen LogP contribution >= 0.6 is 0 Å². The van der Waals surface area contributed by atoms with E-state index in [1.165, 1.54) is 5.69 Å². The molecule has 0 atom stereocenters. The second-order valence-corrected chi connectivity index (χ2v) is 4.86. The maximum Gasteiger partial charge on any atom is 0.0598 e. The normalized spacial score (nSPS) is 17.6. The highest BCUT2D eigenvalue weighted by Gasteiger charge is 2.16. The van der Waals surface area contributed by atoms with E-state index in [9.17, 15) is 0 Å². The molecule has 3 N–H and O–H groups in total. The number of nitrogens with zero attached hydrogens (tertiary/aromatic N) is 2. The molecule has 1 aliphatic rings. The Labute approximate surface area is 96.8 Å². The van der Waals surface area contributed by atoms with Gasteiger partial charge in [-0.1, -0.05) is 0 Å². The van der Waals surface area contributed by atoms with Crippen molar-refractivity contribution in [1.82, 2.24) is 10.3 Å². The second kappa shape index (κ2) is 4.39. The van der Waals surface area contributed by atoms with Gasteiger partial charge in [0, 0.05) is 26.2 Å². The SMILES string of the molecule is CC(C)(N)c1ccc(N2CCNCC2)cn1. The maximum absolute atomic E-state index is 6.00. The zero-order valence-electron chi connectivity index (χ0n) is 10.0. The number of hydrogen-bond donors (Lipinski definition) is 2. The topological polar surface area (TPSA) is 54.2 Å². The third kappa shape index (κ3) is 2.51.